The Morgan fingerprint density at radius 2 is 1.49 bits per heavy atom. The third kappa shape index (κ3) is 12.4. The van der Waals surface area contributed by atoms with Gasteiger partial charge >= 0.3 is 0 Å². The standard InChI is InChI=1S/C31H44N2O2S.BrH/c1-2-3-4-5-6-7-8-9-10-11-12-15-23-35-29-20-18-28(19-21-29)32-31(34)30-17-14-13-16-27(30)25-33-22-24-36-26-33;/h13-14,16-22,24H,2-12,15,23,25-26H2,1H3,(H,32,34);1H. The quantitative estimate of drug-likeness (QED) is 0.176. The molecule has 0 unspecified atom stereocenters. The number of rotatable bonds is 18. The monoisotopic (exact) mass is 588 g/mol. The zero-order chi connectivity index (χ0) is 25.3. The highest BCUT2D eigenvalue weighted by molar-refractivity contribution is 8.93. The van der Waals surface area contributed by atoms with Crippen LogP contribution in [0.1, 0.15) is 99.9 Å². The van der Waals surface area contributed by atoms with E-state index < -0.39 is 0 Å². The van der Waals surface area contributed by atoms with Crippen LogP contribution in [0.3, 0.4) is 0 Å². The second kappa shape index (κ2) is 19.2. The summed E-state index contributed by atoms with van der Waals surface area (Å²) in [4.78, 5) is 15.1. The van der Waals surface area contributed by atoms with Gasteiger partial charge in [0.15, 0.2) is 0 Å². The fourth-order valence-corrected chi connectivity index (χ4v) is 5.19. The number of hydrogen-bond donors (Lipinski definition) is 1. The Bertz CT molecular complexity index is 920. The molecule has 0 bridgehead atoms. The lowest BCUT2D eigenvalue weighted by Gasteiger charge is -2.17. The summed E-state index contributed by atoms with van der Waals surface area (Å²) in [5.74, 6) is 1.71. The minimum atomic E-state index is -0.0772. The number of amides is 1. The van der Waals surface area contributed by atoms with Gasteiger partial charge in [-0.25, -0.2) is 0 Å². The summed E-state index contributed by atoms with van der Waals surface area (Å²) in [6.07, 6.45) is 18.2. The molecule has 6 heteroatoms. The summed E-state index contributed by atoms with van der Waals surface area (Å²) in [6, 6.07) is 15.5. The lowest BCUT2D eigenvalue weighted by molar-refractivity contribution is 0.102. The fraction of sp³-hybridized carbons (Fsp3) is 0.516. The largest absolute Gasteiger partial charge is 0.494 e. The molecule has 37 heavy (non-hydrogen) atoms. The van der Waals surface area contributed by atoms with E-state index in [1.54, 1.807) is 11.8 Å². The molecular formula is C31H45BrN2O2S. The van der Waals surface area contributed by atoms with Gasteiger partial charge < -0.3 is 15.0 Å². The molecule has 0 fully saturated rings. The molecule has 3 rings (SSSR count). The van der Waals surface area contributed by atoms with Crippen LogP contribution in [0.5, 0.6) is 5.75 Å². The maximum atomic E-state index is 12.9. The first-order valence-corrected chi connectivity index (χ1v) is 15.0. The van der Waals surface area contributed by atoms with Crippen molar-refractivity contribution < 1.29 is 9.53 Å². The molecule has 0 spiro atoms. The van der Waals surface area contributed by atoms with Crippen molar-refractivity contribution in [3.63, 3.8) is 0 Å². The minimum Gasteiger partial charge on any atom is -0.494 e. The number of halogens is 1. The zero-order valence-corrected chi connectivity index (χ0v) is 25.0. The van der Waals surface area contributed by atoms with Crippen molar-refractivity contribution in [3.8, 4) is 5.75 Å². The molecule has 1 N–H and O–H groups in total. The van der Waals surface area contributed by atoms with E-state index in [0.717, 1.165) is 48.0 Å². The molecule has 0 aromatic heterocycles. The normalized spacial score (nSPS) is 12.4. The number of carbonyl (C=O) groups is 1. The maximum Gasteiger partial charge on any atom is 0.256 e. The Morgan fingerprint density at radius 3 is 2.11 bits per heavy atom. The maximum absolute atomic E-state index is 12.9. The average molecular weight is 590 g/mol. The second-order valence-corrected chi connectivity index (χ2v) is 10.6. The lowest BCUT2D eigenvalue weighted by Crippen LogP contribution is -2.18. The first-order chi connectivity index (χ1) is 17.8. The third-order valence-corrected chi connectivity index (χ3v) is 7.42. The first kappa shape index (κ1) is 31.3. The Morgan fingerprint density at radius 1 is 0.865 bits per heavy atom. The summed E-state index contributed by atoms with van der Waals surface area (Å²) in [5, 5.41) is 5.12. The van der Waals surface area contributed by atoms with Crippen LogP contribution in [0.2, 0.25) is 0 Å². The lowest BCUT2D eigenvalue weighted by atomic mass is 10.1. The molecule has 1 amide bonds. The molecule has 0 atom stereocenters. The Balaban J connectivity index is 0.00000481. The summed E-state index contributed by atoms with van der Waals surface area (Å²) in [5.41, 5.74) is 2.53. The minimum absolute atomic E-state index is 0. The predicted molar refractivity (Wildman–Crippen MR) is 165 cm³/mol. The van der Waals surface area contributed by atoms with Gasteiger partial charge in [-0.3, -0.25) is 4.79 Å². The van der Waals surface area contributed by atoms with Crippen molar-refractivity contribution in [3.05, 3.63) is 71.3 Å². The number of carbonyl (C=O) groups excluding carboxylic acids is 1. The number of benzene rings is 2. The highest BCUT2D eigenvalue weighted by Gasteiger charge is 2.14. The summed E-state index contributed by atoms with van der Waals surface area (Å²) in [7, 11) is 0. The van der Waals surface area contributed by atoms with Crippen molar-refractivity contribution in [1.29, 1.82) is 0 Å². The van der Waals surface area contributed by atoms with Crippen molar-refractivity contribution >= 4 is 40.3 Å². The number of thioether (sulfide) groups is 1. The molecule has 0 saturated heterocycles. The van der Waals surface area contributed by atoms with Gasteiger partial charge in [0.1, 0.15) is 5.75 Å². The highest BCUT2D eigenvalue weighted by Crippen LogP contribution is 2.22. The van der Waals surface area contributed by atoms with Crippen molar-refractivity contribution in [2.75, 3.05) is 17.8 Å². The molecule has 1 heterocycles. The Kier molecular flexibility index (Phi) is 16.2. The SMILES string of the molecule is Br.CCCCCCCCCCCCCCOc1ccc(NC(=O)c2ccccc2CN2C=CSC2)cc1. The molecule has 0 saturated carbocycles. The van der Waals surface area contributed by atoms with E-state index in [-0.39, 0.29) is 22.9 Å². The smallest absolute Gasteiger partial charge is 0.256 e. The number of anilines is 1. The van der Waals surface area contributed by atoms with Crippen LogP contribution < -0.4 is 10.1 Å². The summed E-state index contributed by atoms with van der Waals surface area (Å²) >= 11 is 1.77. The van der Waals surface area contributed by atoms with E-state index in [4.69, 9.17) is 4.74 Å². The van der Waals surface area contributed by atoms with Crippen LogP contribution in [0, 0.1) is 0 Å². The van der Waals surface area contributed by atoms with Crippen LogP contribution in [0.25, 0.3) is 0 Å². The highest BCUT2D eigenvalue weighted by atomic mass is 79.9. The molecular weight excluding hydrogens is 544 g/mol. The number of hydrogen-bond acceptors (Lipinski definition) is 4. The number of ether oxygens (including phenoxy) is 1. The molecule has 204 valence electrons. The fourth-order valence-electron chi connectivity index (χ4n) is 4.47. The summed E-state index contributed by atoms with van der Waals surface area (Å²) in [6.45, 7) is 3.76. The van der Waals surface area contributed by atoms with Crippen molar-refractivity contribution in [2.24, 2.45) is 0 Å². The predicted octanol–water partition coefficient (Wildman–Crippen LogP) is 9.57. The molecule has 0 radical (unpaired) electrons. The van der Waals surface area contributed by atoms with Crippen LogP contribution in [0.15, 0.2) is 60.1 Å². The number of unbranched alkanes of at least 4 members (excludes halogenated alkanes) is 11. The van der Waals surface area contributed by atoms with E-state index >= 15 is 0 Å². The number of nitrogens with one attached hydrogen (secondary N) is 1. The summed E-state index contributed by atoms with van der Waals surface area (Å²) < 4.78 is 5.91. The van der Waals surface area contributed by atoms with E-state index in [1.807, 2.05) is 48.5 Å². The van der Waals surface area contributed by atoms with Gasteiger partial charge in [0.05, 0.1) is 12.5 Å². The van der Waals surface area contributed by atoms with Gasteiger partial charge in [0.25, 0.3) is 5.91 Å². The van der Waals surface area contributed by atoms with E-state index in [2.05, 4.69) is 28.7 Å². The van der Waals surface area contributed by atoms with Crippen LogP contribution in [0.4, 0.5) is 5.69 Å². The van der Waals surface area contributed by atoms with Gasteiger partial charge in [-0.2, -0.15) is 0 Å². The molecule has 1 aliphatic heterocycles. The van der Waals surface area contributed by atoms with Gasteiger partial charge in [-0.15, -0.1) is 28.7 Å². The Labute approximate surface area is 239 Å². The van der Waals surface area contributed by atoms with Gasteiger partial charge in [0.2, 0.25) is 0 Å². The molecule has 4 nitrogen and oxygen atoms in total. The van der Waals surface area contributed by atoms with E-state index in [9.17, 15) is 4.79 Å². The van der Waals surface area contributed by atoms with E-state index in [0.29, 0.717) is 0 Å². The topological polar surface area (TPSA) is 41.6 Å². The average Bonchev–Trinajstić information content (AvgIpc) is 3.41. The second-order valence-electron chi connectivity index (χ2n) is 9.70. The number of nitrogens with zero attached hydrogens (tertiary/aromatic N) is 1. The van der Waals surface area contributed by atoms with Gasteiger partial charge in [0, 0.05) is 24.0 Å². The molecule has 2 aromatic carbocycles. The van der Waals surface area contributed by atoms with Gasteiger partial charge in [-0.1, -0.05) is 95.8 Å². The van der Waals surface area contributed by atoms with Crippen molar-refractivity contribution in [2.45, 2.75) is 90.5 Å². The third-order valence-electron chi connectivity index (χ3n) is 6.62. The van der Waals surface area contributed by atoms with Crippen LogP contribution >= 0.6 is 28.7 Å². The van der Waals surface area contributed by atoms with E-state index in [1.165, 1.54) is 70.6 Å². The molecule has 0 aliphatic carbocycles. The Hall–Kier alpha value is -1.92. The zero-order valence-electron chi connectivity index (χ0n) is 22.5. The van der Waals surface area contributed by atoms with Crippen molar-refractivity contribution in [1.82, 2.24) is 4.90 Å². The van der Waals surface area contributed by atoms with Crippen LogP contribution in [-0.4, -0.2) is 23.3 Å². The molecule has 1 aliphatic rings. The van der Waals surface area contributed by atoms with Crippen LogP contribution in [-0.2, 0) is 6.54 Å². The first-order valence-electron chi connectivity index (χ1n) is 13.9. The van der Waals surface area contributed by atoms with Gasteiger partial charge in [-0.05, 0) is 47.7 Å². The molecule has 2 aromatic rings.